The minimum atomic E-state index is -1.63. The van der Waals surface area contributed by atoms with Crippen molar-refractivity contribution in [1.82, 2.24) is 10.6 Å². The Kier molecular flexibility index (Phi) is 20.4. The molecule has 8 rings (SSSR count). The number of hydrogen-bond donors (Lipinski definition) is 11. The number of aliphatic hydroxyl groups excluding tert-OH is 6. The maximum Gasteiger partial charge on any atom is 0.303 e. The van der Waals surface area contributed by atoms with Crippen LogP contribution in [0.15, 0.2) is 90.0 Å². The van der Waals surface area contributed by atoms with Gasteiger partial charge in [0.2, 0.25) is 0 Å². The van der Waals surface area contributed by atoms with E-state index in [2.05, 4.69) is 41.5 Å². The SMILES string of the molecule is CCCCC(O)C(O)C=CC1=C(CC(O)CO)C2CCC(O)C3NC(C)CCC(C(O)Cc4ccc(cc4)CC(C(C)(O)C4(c5ccc(O)cc5)CCCCC4)(CC#Cc4c(CC)cccc4CC1)N2)C3CC(=O)O. The highest BCUT2D eigenvalue weighted by Crippen LogP contribution is 2.54. The third kappa shape index (κ3) is 13.7. The van der Waals surface area contributed by atoms with Crippen molar-refractivity contribution in [3.63, 3.8) is 0 Å². The molecule has 0 amide bonds. The van der Waals surface area contributed by atoms with Crippen molar-refractivity contribution >= 4 is 5.97 Å². The second-order valence-electron chi connectivity index (χ2n) is 23.0. The quantitative estimate of drug-likeness (QED) is 0.0661. The number of aliphatic carboxylic acids is 1. The summed E-state index contributed by atoms with van der Waals surface area (Å²) in [7, 11) is 0. The molecule has 0 spiro atoms. The Labute approximate surface area is 446 Å². The first-order chi connectivity index (χ1) is 35.9. The monoisotopic (exact) mass is 1030 g/mol. The van der Waals surface area contributed by atoms with E-state index in [1.54, 1.807) is 18.2 Å². The summed E-state index contributed by atoms with van der Waals surface area (Å²) in [4.78, 5) is 12.8. The lowest BCUT2D eigenvalue weighted by Gasteiger charge is -2.59. The molecule has 0 aromatic heterocycles. The molecule has 75 heavy (non-hydrogen) atoms. The van der Waals surface area contributed by atoms with Crippen molar-refractivity contribution in [2.24, 2.45) is 11.8 Å². The van der Waals surface area contributed by atoms with Gasteiger partial charge in [-0.05, 0) is 160 Å². The van der Waals surface area contributed by atoms with E-state index in [9.17, 15) is 50.8 Å². The first-order valence-electron chi connectivity index (χ1n) is 28.3. The van der Waals surface area contributed by atoms with E-state index >= 15 is 0 Å². The van der Waals surface area contributed by atoms with Crippen LogP contribution < -0.4 is 10.6 Å². The Hall–Kier alpha value is -4.39. The zero-order valence-electron chi connectivity index (χ0n) is 45.1. The van der Waals surface area contributed by atoms with Crippen LogP contribution in [0, 0.1) is 23.7 Å². The lowest BCUT2D eigenvalue weighted by Crippen LogP contribution is -2.73. The molecule has 410 valence electrons. The highest BCUT2D eigenvalue weighted by atomic mass is 16.4. The van der Waals surface area contributed by atoms with Crippen LogP contribution in [0.4, 0.5) is 0 Å². The van der Waals surface area contributed by atoms with Crippen LogP contribution in [0.5, 0.6) is 5.75 Å². The van der Waals surface area contributed by atoms with E-state index in [1.165, 1.54) is 0 Å². The van der Waals surface area contributed by atoms with Gasteiger partial charge in [-0.3, -0.25) is 4.79 Å². The molecule has 1 saturated carbocycles. The number of fused-ring (bicyclic) bond motifs is 6. The topological polar surface area (TPSA) is 223 Å². The van der Waals surface area contributed by atoms with E-state index in [0.29, 0.717) is 50.5 Å². The molecule has 1 saturated heterocycles. The molecule has 3 aromatic rings. The first kappa shape index (κ1) is 58.3. The van der Waals surface area contributed by atoms with Crippen LogP contribution in [-0.4, -0.2) is 118 Å². The van der Waals surface area contributed by atoms with Crippen molar-refractivity contribution in [1.29, 1.82) is 0 Å². The van der Waals surface area contributed by atoms with Crippen LogP contribution in [0.25, 0.3) is 0 Å². The summed E-state index contributed by atoms with van der Waals surface area (Å²) in [6, 6.07) is 20.0. The van der Waals surface area contributed by atoms with Gasteiger partial charge in [0, 0.05) is 35.5 Å². The van der Waals surface area contributed by atoms with Gasteiger partial charge in [-0.25, -0.2) is 0 Å². The number of nitrogens with one attached hydrogen (secondary N) is 2. The van der Waals surface area contributed by atoms with Crippen LogP contribution in [0.1, 0.15) is 164 Å². The molecule has 2 fully saturated rings. The second kappa shape index (κ2) is 26.3. The van der Waals surface area contributed by atoms with Crippen LogP contribution in [-0.2, 0) is 35.9 Å². The molecular formula is C63H88N2O10. The van der Waals surface area contributed by atoms with Gasteiger partial charge in [0.15, 0.2) is 0 Å². The number of allylic oxidation sites excluding steroid dienone is 2. The predicted molar refractivity (Wildman–Crippen MR) is 294 cm³/mol. The number of carbonyl (C=O) groups is 1. The van der Waals surface area contributed by atoms with Crippen molar-refractivity contribution in [2.75, 3.05) is 6.61 Å². The molecular weight excluding hydrogens is 945 g/mol. The lowest BCUT2D eigenvalue weighted by molar-refractivity contribution is -0.139. The Bertz CT molecular complexity index is 2450. The van der Waals surface area contributed by atoms with Crippen LogP contribution in [0.3, 0.4) is 0 Å². The number of aliphatic hydroxyl groups is 7. The number of aromatic hydroxyl groups is 1. The average molecular weight is 1030 g/mol. The van der Waals surface area contributed by atoms with Gasteiger partial charge in [0.05, 0.1) is 54.7 Å². The number of aryl methyl sites for hydroxylation is 2. The fraction of sp³-hybridized carbons (Fsp3) is 0.603. The van der Waals surface area contributed by atoms with E-state index < -0.39 is 83.6 Å². The molecule has 5 aliphatic rings. The minimum Gasteiger partial charge on any atom is -0.508 e. The van der Waals surface area contributed by atoms with Crippen molar-refractivity contribution in [3.8, 4) is 17.6 Å². The summed E-state index contributed by atoms with van der Waals surface area (Å²) in [6.45, 7) is 7.55. The van der Waals surface area contributed by atoms with Gasteiger partial charge < -0.3 is 56.6 Å². The molecule has 12 nitrogen and oxygen atoms in total. The van der Waals surface area contributed by atoms with Gasteiger partial charge in [-0.15, -0.1) is 0 Å². The summed E-state index contributed by atoms with van der Waals surface area (Å²) in [5.41, 5.74) is 3.30. The summed E-state index contributed by atoms with van der Waals surface area (Å²) in [6.07, 6.45) is 7.67. The third-order valence-corrected chi connectivity index (χ3v) is 18.0. The molecule has 12 atom stereocenters. The second-order valence-corrected chi connectivity index (χ2v) is 23.0. The first-order valence-corrected chi connectivity index (χ1v) is 28.3. The van der Waals surface area contributed by atoms with Crippen molar-refractivity contribution < 1.29 is 50.8 Å². The lowest BCUT2D eigenvalue weighted by atomic mass is 9.52. The van der Waals surface area contributed by atoms with Crippen molar-refractivity contribution in [2.45, 2.75) is 221 Å². The fourth-order valence-corrected chi connectivity index (χ4v) is 13.6. The highest BCUT2D eigenvalue weighted by Gasteiger charge is 2.60. The summed E-state index contributed by atoms with van der Waals surface area (Å²) in [5.74, 6) is 5.38. The Morgan fingerprint density at radius 1 is 0.907 bits per heavy atom. The Morgan fingerprint density at radius 3 is 2.31 bits per heavy atom. The highest BCUT2D eigenvalue weighted by molar-refractivity contribution is 5.67. The molecule has 12 unspecified atom stereocenters. The number of rotatable bonds is 15. The molecule has 1 aliphatic carbocycles. The van der Waals surface area contributed by atoms with E-state index in [-0.39, 0.29) is 56.7 Å². The number of phenols is 1. The van der Waals surface area contributed by atoms with Crippen LogP contribution >= 0.6 is 0 Å². The number of hydrogen-bond acceptors (Lipinski definition) is 11. The van der Waals surface area contributed by atoms with Gasteiger partial charge in [0.1, 0.15) is 5.75 Å². The van der Waals surface area contributed by atoms with Crippen molar-refractivity contribution in [3.05, 3.63) is 123 Å². The predicted octanol–water partition coefficient (Wildman–Crippen LogP) is 7.65. The largest absolute Gasteiger partial charge is 0.508 e. The van der Waals surface area contributed by atoms with Gasteiger partial charge in [-0.2, -0.15) is 0 Å². The van der Waals surface area contributed by atoms with E-state index in [1.807, 2.05) is 69.3 Å². The maximum absolute atomic E-state index is 14.5. The molecule has 0 radical (unpaired) electrons. The van der Waals surface area contributed by atoms with Crippen LogP contribution in [0.2, 0.25) is 0 Å². The number of phenolic OH excluding ortho intramolecular Hbond substituents is 1. The standard InChI is InChI=1S/C63H88N2O10/c1-5-7-16-55(69)56(70)31-24-46-23-22-45-14-11-13-44(6-2)50(45)15-12-35-63(61(4,75)62(33-9-8-10-34-62)47-25-27-48(67)28-26-47)39-43-20-18-42(19-21-43)36-58(72)51-29-17-41(3)64-60(53(51)38-59(73)74)57(71)32-30-54(65-63)52(46)37-49(68)40-66/h11,13-14,18-21,24-28,31,41,49,51,53-58,60,64-72,75H,5-10,16-17,22-23,29-30,32-40H2,1-4H3,(H,73,74). The molecule has 4 heterocycles. The van der Waals surface area contributed by atoms with Gasteiger partial charge in [0.25, 0.3) is 0 Å². The zero-order chi connectivity index (χ0) is 53.9. The molecule has 11 N–H and O–H groups in total. The summed E-state index contributed by atoms with van der Waals surface area (Å²) in [5, 5.41) is 114. The summed E-state index contributed by atoms with van der Waals surface area (Å²) < 4.78 is 0. The number of benzene rings is 3. The molecule has 6 bridgehead atoms. The normalized spacial score (nSPS) is 28.8. The molecule has 4 aliphatic heterocycles. The van der Waals surface area contributed by atoms with E-state index in [0.717, 1.165) is 77.5 Å². The molecule has 12 heteroatoms. The van der Waals surface area contributed by atoms with Gasteiger partial charge in [-0.1, -0.05) is 125 Å². The fourth-order valence-electron chi connectivity index (χ4n) is 13.6. The zero-order valence-corrected chi connectivity index (χ0v) is 45.1. The minimum absolute atomic E-state index is 0.0173. The molecule has 3 aromatic carbocycles. The third-order valence-electron chi connectivity index (χ3n) is 18.0. The number of carboxylic acid groups (broad SMARTS) is 1. The smallest absolute Gasteiger partial charge is 0.303 e. The average Bonchev–Trinajstić information content (AvgIpc) is 3.58. The number of carboxylic acids is 1. The summed E-state index contributed by atoms with van der Waals surface area (Å²) >= 11 is 0. The van der Waals surface area contributed by atoms with E-state index in [4.69, 9.17) is 0 Å². The maximum atomic E-state index is 14.5. The van der Waals surface area contributed by atoms with Gasteiger partial charge >= 0.3 is 5.97 Å². The Balaban J connectivity index is 1.56. The Morgan fingerprint density at radius 2 is 1.63 bits per heavy atom. The number of unbranched alkanes of at least 4 members (excludes halogenated alkanes) is 1.